The van der Waals surface area contributed by atoms with Gasteiger partial charge in [0.1, 0.15) is 11.2 Å². The number of aromatic nitrogens is 2. The number of fused-ring (bicyclic) bond motifs is 1. The van der Waals surface area contributed by atoms with Crippen LogP contribution in [0.3, 0.4) is 0 Å². The molecule has 2 heterocycles. The van der Waals surface area contributed by atoms with E-state index in [1.54, 1.807) is 19.2 Å². The fourth-order valence-corrected chi connectivity index (χ4v) is 3.42. The molecular weight excluding hydrogens is 371 g/mol. The Hall–Kier alpha value is -3.16. The van der Waals surface area contributed by atoms with Crippen LogP contribution >= 0.6 is 0 Å². The standard InChI is InChI=1S/C20H16F3N3O2/c1-11-6-16(19(4-5-19)20(21,22)23)24-10-15(11)13-3-2-12-8-17(26-18(27)28)25-9-14(12)7-13/h2-3,6-10H,4-5H2,1H3,(H,25,26)(H,27,28). The monoisotopic (exact) mass is 387 g/mol. The number of hydrogen-bond acceptors (Lipinski definition) is 3. The van der Waals surface area contributed by atoms with Gasteiger partial charge >= 0.3 is 12.3 Å². The quantitative estimate of drug-likeness (QED) is 0.640. The minimum Gasteiger partial charge on any atom is -0.465 e. The van der Waals surface area contributed by atoms with Gasteiger partial charge in [-0.1, -0.05) is 12.1 Å². The summed E-state index contributed by atoms with van der Waals surface area (Å²) in [6.07, 6.45) is -2.29. The topological polar surface area (TPSA) is 75.1 Å². The lowest BCUT2D eigenvalue weighted by Gasteiger charge is -2.19. The molecule has 2 aromatic heterocycles. The largest absolute Gasteiger partial charge is 0.465 e. The predicted octanol–water partition coefficient (Wildman–Crippen LogP) is 5.29. The number of rotatable bonds is 3. The zero-order valence-corrected chi connectivity index (χ0v) is 14.8. The van der Waals surface area contributed by atoms with Gasteiger partial charge in [0.15, 0.2) is 0 Å². The molecule has 8 heteroatoms. The summed E-state index contributed by atoms with van der Waals surface area (Å²) in [5, 5.41) is 12.5. The highest BCUT2D eigenvalue weighted by molar-refractivity contribution is 5.91. The van der Waals surface area contributed by atoms with Crippen molar-refractivity contribution in [2.45, 2.75) is 31.4 Å². The van der Waals surface area contributed by atoms with Crippen LogP contribution in [0, 0.1) is 6.92 Å². The van der Waals surface area contributed by atoms with Gasteiger partial charge in [-0.2, -0.15) is 13.2 Å². The zero-order valence-electron chi connectivity index (χ0n) is 14.8. The normalized spacial score (nSPS) is 15.4. The first-order chi connectivity index (χ1) is 13.2. The molecule has 4 rings (SSSR count). The number of halogens is 3. The van der Waals surface area contributed by atoms with Gasteiger partial charge in [-0.25, -0.2) is 9.78 Å². The molecule has 1 amide bonds. The van der Waals surface area contributed by atoms with E-state index in [-0.39, 0.29) is 24.4 Å². The van der Waals surface area contributed by atoms with Gasteiger partial charge in [0.2, 0.25) is 0 Å². The Bertz CT molecular complexity index is 1090. The molecule has 0 saturated heterocycles. The molecule has 0 unspecified atom stereocenters. The van der Waals surface area contributed by atoms with E-state index in [2.05, 4.69) is 15.3 Å². The summed E-state index contributed by atoms with van der Waals surface area (Å²) >= 11 is 0. The third-order valence-electron chi connectivity index (χ3n) is 5.16. The molecule has 0 spiro atoms. The molecule has 1 aromatic carbocycles. The summed E-state index contributed by atoms with van der Waals surface area (Å²) in [6, 6.07) is 8.63. The first-order valence-corrected chi connectivity index (χ1v) is 8.64. The molecule has 1 saturated carbocycles. The molecule has 1 fully saturated rings. The van der Waals surface area contributed by atoms with Gasteiger partial charge in [0, 0.05) is 23.3 Å². The Morgan fingerprint density at radius 2 is 1.86 bits per heavy atom. The molecule has 0 atom stereocenters. The van der Waals surface area contributed by atoms with E-state index in [0.717, 1.165) is 27.5 Å². The minimum absolute atomic E-state index is 0.0769. The highest BCUT2D eigenvalue weighted by Crippen LogP contribution is 2.58. The van der Waals surface area contributed by atoms with Crippen molar-refractivity contribution in [1.82, 2.24) is 9.97 Å². The predicted molar refractivity (Wildman–Crippen MR) is 98.3 cm³/mol. The Labute approximate surface area is 158 Å². The van der Waals surface area contributed by atoms with E-state index < -0.39 is 17.7 Å². The maximum Gasteiger partial charge on any atom is 0.410 e. The van der Waals surface area contributed by atoms with Crippen LogP contribution in [0.1, 0.15) is 24.1 Å². The van der Waals surface area contributed by atoms with Crippen molar-refractivity contribution in [1.29, 1.82) is 0 Å². The Balaban J connectivity index is 1.69. The summed E-state index contributed by atoms with van der Waals surface area (Å²) in [4.78, 5) is 18.9. The molecule has 2 N–H and O–H groups in total. The number of benzene rings is 1. The second-order valence-corrected chi connectivity index (χ2v) is 7.03. The second kappa shape index (κ2) is 6.19. The fraction of sp³-hybridized carbons (Fsp3) is 0.250. The van der Waals surface area contributed by atoms with Gasteiger partial charge < -0.3 is 5.11 Å². The lowest BCUT2D eigenvalue weighted by Crippen LogP contribution is -2.29. The smallest absolute Gasteiger partial charge is 0.410 e. The molecular formula is C20H16F3N3O2. The van der Waals surface area contributed by atoms with E-state index >= 15 is 0 Å². The molecule has 28 heavy (non-hydrogen) atoms. The summed E-state index contributed by atoms with van der Waals surface area (Å²) in [5.41, 5.74) is 0.556. The van der Waals surface area contributed by atoms with Crippen LogP contribution in [0.4, 0.5) is 23.8 Å². The van der Waals surface area contributed by atoms with Crippen molar-refractivity contribution >= 4 is 22.7 Å². The number of nitrogens with zero attached hydrogens (tertiary/aromatic N) is 2. The number of aryl methyl sites for hydroxylation is 1. The zero-order chi connectivity index (χ0) is 20.1. The highest BCUT2D eigenvalue weighted by atomic mass is 19.4. The van der Waals surface area contributed by atoms with Gasteiger partial charge in [-0.3, -0.25) is 10.3 Å². The number of pyridine rings is 2. The van der Waals surface area contributed by atoms with Gasteiger partial charge in [-0.15, -0.1) is 0 Å². The van der Waals surface area contributed by atoms with Crippen molar-refractivity contribution in [2.75, 3.05) is 5.32 Å². The number of carbonyl (C=O) groups is 1. The number of alkyl halides is 3. The molecule has 3 aromatic rings. The number of hydrogen-bond donors (Lipinski definition) is 2. The van der Waals surface area contributed by atoms with Crippen molar-refractivity contribution in [3.63, 3.8) is 0 Å². The molecule has 1 aliphatic carbocycles. The average Bonchev–Trinajstić information content (AvgIpc) is 3.42. The van der Waals surface area contributed by atoms with Crippen LogP contribution in [-0.2, 0) is 5.41 Å². The lowest BCUT2D eigenvalue weighted by molar-refractivity contribution is -0.161. The van der Waals surface area contributed by atoms with Crippen LogP contribution < -0.4 is 5.32 Å². The number of amides is 1. The SMILES string of the molecule is Cc1cc(C2(C(F)(F)F)CC2)ncc1-c1ccc2cc(NC(=O)O)ncc2c1. The first kappa shape index (κ1) is 18.2. The summed E-state index contributed by atoms with van der Waals surface area (Å²) in [6.45, 7) is 1.77. The number of nitrogens with one attached hydrogen (secondary N) is 1. The summed E-state index contributed by atoms with van der Waals surface area (Å²) < 4.78 is 40.0. The maximum atomic E-state index is 13.3. The lowest BCUT2D eigenvalue weighted by atomic mass is 9.95. The van der Waals surface area contributed by atoms with Crippen molar-refractivity contribution in [3.05, 3.63) is 54.0 Å². The highest BCUT2D eigenvalue weighted by Gasteiger charge is 2.65. The Morgan fingerprint density at radius 1 is 1.11 bits per heavy atom. The second-order valence-electron chi connectivity index (χ2n) is 7.03. The fourth-order valence-electron chi connectivity index (χ4n) is 3.42. The van der Waals surface area contributed by atoms with E-state index in [1.165, 1.54) is 12.3 Å². The molecule has 144 valence electrons. The average molecular weight is 387 g/mol. The van der Waals surface area contributed by atoms with E-state index in [4.69, 9.17) is 5.11 Å². The van der Waals surface area contributed by atoms with Crippen LogP contribution in [0.5, 0.6) is 0 Å². The molecule has 0 radical (unpaired) electrons. The van der Waals surface area contributed by atoms with Gasteiger partial charge in [0.05, 0.1) is 5.69 Å². The van der Waals surface area contributed by atoms with Crippen LogP contribution in [-0.4, -0.2) is 27.3 Å². The van der Waals surface area contributed by atoms with Crippen molar-refractivity contribution in [3.8, 4) is 11.1 Å². The minimum atomic E-state index is -4.29. The summed E-state index contributed by atoms with van der Waals surface area (Å²) in [7, 11) is 0. The van der Waals surface area contributed by atoms with Gasteiger partial charge in [0.25, 0.3) is 0 Å². The van der Waals surface area contributed by atoms with E-state index in [9.17, 15) is 18.0 Å². The van der Waals surface area contributed by atoms with E-state index in [1.807, 2.05) is 18.2 Å². The van der Waals surface area contributed by atoms with Crippen molar-refractivity contribution in [2.24, 2.45) is 0 Å². The summed E-state index contributed by atoms with van der Waals surface area (Å²) in [5.74, 6) is 0.219. The van der Waals surface area contributed by atoms with Crippen LogP contribution in [0.2, 0.25) is 0 Å². The van der Waals surface area contributed by atoms with Crippen molar-refractivity contribution < 1.29 is 23.1 Å². The Kier molecular flexibility index (Phi) is 4.02. The van der Waals surface area contributed by atoms with Crippen LogP contribution in [0.15, 0.2) is 42.7 Å². The maximum absolute atomic E-state index is 13.3. The molecule has 0 aliphatic heterocycles. The third kappa shape index (κ3) is 3.04. The van der Waals surface area contributed by atoms with Crippen LogP contribution in [0.25, 0.3) is 21.9 Å². The number of carboxylic acid groups (broad SMARTS) is 1. The molecule has 5 nitrogen and oxygen atoms in total. The third-order valence-corrected chi connectivity index (χ3v) is 5.16. The number of anilines is 1. The first-order valence-electron chi connectivity index (χ1n) is 8.64. The Morgan fingerprint density at radius 3 is 2.46 bits per heavy atom. The van der Waals surface area contributed by atoms with E-state index in [0.29, 0.717) is 0 Å². The molecule has 1 aliphatic rings. The van der Waals surface area contributed by atoms with Gasteiger partial charge in [-0.05, 0) is 54.5 Å². The molecule has 0 bridgehead atoms.